The molecular weight excluding hydrogens is 666 g/mol. The van der Waals surface area contributed by atoms with Gasteiger partial charge in [0.2, 0.25) is 0 Å². The fourth-order valence-corrected chi connectivity index (χ4v) is 7.06. The average molecular weight is 707 g/mol. The molecule has 0 bridgehead atoms. The summed E-state index contributed by atoms with van der Waals surface area (Å²) in [5.41, 5.74) is -1.52. The molecule has 0 amide bonds. The van der Waals surface area contributed by atoms with E-state index in [0.29, 0.717) is 22.5 Å². The van der Waals surface area contributed by atoms with Crippen molar-refractivity contribution in [3.05, 3.63) is 54.6 Å². The van der Waals surface area contributed by atoms with Gasteiger partial charge in [-0.25, -0.2) is 23.9 Å². The molecule has 1 fully saturated rings. The minimum Gasteiger partial charge on any atom is -0.464 e. The number of carbonyl (C=O) groups is 1. The molecule has 3 heterocycles. The number of carbonyl (C=O) groups excluding carboxylic acids is 1. The van der Waals surface area contributed by atoms with Crippen LogP contribution >= 0.6 is 19.3 Å². The summed E-state index contributed by atoms with van der Waals surface area (Å²) in [5, 5.41) is 15.3. The van der Waals surface area contributed by atoms with Crippen molar-refractivity contribution in [3.63, 3.8) is 0 Å². The number of anilines is 1. The summed E-state index contributed by atoms with van der Waals surface area (Å²) in [6.45, 7) is 8.29. The van der Waals surface area contributed by atoms with Gasteiger partial charge in [0.05, 0.1) is 25.4 Å². The number of hydrogen-bond donors (Lipinski definition) is 2. The molecule has 1 aliphatic heterocycles. The Morgan fingerprint density at radius 2 is 1.94 bits per heavy atom. The van der Waals surface area contributed by atoms with Crippen molar-refractivity contribution >= 4 is 53.1 Å². The quantitative estimate of drug-likeness (QED) is 0.111. The van der Waals surface area contributed by atoms with E-state index in [9.17, 15) is 14.5 Å². The zero-order valence-electron chi connectivity index (χ0n) is 27.9. The first-order chi connectivity index (χ1) is 22.6. The number of esters is 1. The van der Waals surface area contributed by atoms with Crippen molar-refractivity contribution in [1.29, 1.82) is 0 Å². The van der Waals surface area contributed by atoms with E-state index < -0.39 is 56.3 Å². The lowest BCUT2D eigenvalue weighted by Crippen LogP contribution is -2.48. The third-order valence-electron chi connectivity index (χ3n) is 7.71. The molecule has 4 aromatic rings. The van der Waals surface area contributed by atoms with Crippen LogP contribution in [0.3, 0.4) is 0 Å². The molecule has 13 nitrogen and oxygen atoms in total. The highest BCUT2D eigenvalue weighted by molar-refractivity contribution is 7.52. The van der Waals surface area contributed by atoms with Crippen LogP contribution in [-0.4, -0.2) is 87.7 Å². The van der Waals surface area contributed by atoms with Crippen molar-refractivity contribution in [2.75, 3.05) is 38.1 Å². The summed E-state index contributed by atoms with van der Waals surface area (Å²) < 4.78 is 55.3. The summed E-state index contributed by atoms with van der Waals surface area (Å²) in [6, 6.07) is 11.3. The first-order valence-electron chi connectivity index (χ1n) is 15.4. The minimum absolute atomic E-state index is 0.116. The van der Waals surface area contributed by atoms with Gasteiger partial charge in [-0.15, -0.1) is 11.6 Å². The fourth-order valence-electron chi connectivity index (χ4n) is 5.20. The molecule has 0 spiro atoms. The van der Waals surface area contributed by atoms with Crippen LogP contribution in [0.5, 0.6) is 5.75 Å². The van der Waals surface area contributed by atoms with Gasteiger partial charge in [-0.3, -0.25) is 13.9 Å². The standard InChI is InChI=1S/C32H41ClFN6O7P/c1-19(30(42)44-16-31(3,4)5)38-48(43,47-23-14-10-12-21-11-8-9-13-22(21)23)45-17-32(15-33)26(41)24(34)29(46-32)40-18-35-25-27(39(6)7)36-20(2)37-28(25)40/h8-14,18-19,24,26,29,41H,15-17H2,1-7H3,(H,38,43)/t19-,24+,26-,29+,32+,48?/m0/s1. The van der Waals surface area contributed by atoms with Gasteiger partial charge in [0.15, 0.2) is 29.4 Å². The van der Waals surface area contributed by atoms with E-state index in [1.807, 2.05) is 39.0 Å². The second kappa shape index (κ2) is 13.9. The highest BCUT2D eigenvalue weighted by atomic mass is 35.5. The Morgan fingerprint density at radius 1 is 1.23 bits per heavy atom. The Morgan fingerprint density at radius 3 is 2.62 bits per heavy atom. The van der Waals surface area contributed by atoms with E-state index in [0.717, 1.165) is 5.39 Å². The number of fused-ring (bicyclic) bond motifs is 2. The number of halogens is 2. The molecule has 1 saturated heterocycles. The first-order valence-corrected chi connectivity index (χ1v) is 17.4. The van der Waals surface area contributed by atoms with Gasteiger partial charge in [-0.1, -0.05) is 57.2 Å². The topological polar surface area (TPSA) is 150 Å². The Kier molecular flexibility index (Phi) is 10.4. The maximum atomic E-state index is 16.0. The fraction of sp³-hybridized carbons (Fsp3) is 0.500. The SMILES string of the molecule is Cc1nc(N(C)C)c2ncn([C@@H]3O[C@](CCl)(COP(=O)(N[C@@H](C)C(=O)OCC(C)(C)C)Oc4cccc5ccccc45)[C@@H](O)[C@H]3F)c2n1. The predicted octanol–water partition coefficient (Wildman–Crippen LogP) is 5.33. The molecule has 6 atom stereocenters. The second-order valence-corrected chi connectivity index (χ2v) is 15.2. The van der Waals surface area contributed by atoms with Crippen LogP contribution in [0.1, 0.15) is 39.7 Å². The molecule has 16 heteroatoms. The highest BCUT2D eigenvalue weighted by Crippen LogP contribution is 2.50. The van der Waals surface area contributed by atoms with E-state index in [1.165, 1.54) is 17.8 Å². The van der Waals surface area contributed by atoms with Crippen LogP contribution in [0.2, 0.25) is 0 Å². The number of alkyl halides is 2. The predicted molar refractivity (Wildman–Crippen MR) is 180 cm³/mol. The van der Waals surface area contributed by atoms with E-state index in [2.05, 4.69) is 20.0 Å². The van der Waals surface area contributed by atoms with Crippen LogP contribution in [0, 0.1) is 12.3 Å². The minimum atomic E-state index is -4.49. The number of aryl methyl sites for hydroxylation is 1. The van der Waals surface area contributed by atoms with E-state index >= 15 is 4.39 Å². The summed E-state index contributed by atoms with van der Waals surface area (Å²) in [5.74, 6) is -0.00681. The summed E-state index contributed by atoms with van der Waals surface area (Å²) in [7, 11) is -0.899. The number of nitrogens with zero attached hydrogens (tertiary/aromatic N) is 5. The Bertz CT molecular complexity index is 1830. The number of aromatic nitrogens is 4. The number of ether oxygens (including phenoxy) is 2. The second-order valence-electron chi connectivity index (χ2n) is 13.3. The lowest BCUT2D eigenvalue weighted by Gasteiger charge is -2.32. The molecule has 0 saturated carbocycles. The molecule has 5 rings (SSSR count). The van der Waals surface area contributed by atoms with E-state index in [1.54, 1.807) is 50.2 Å². The smallest absolute Gasteiger partial charge is 0.459 e. The molecule has 1 aliphatic rings. The summed E-state index contributed by atoms with van der Waals surface area (Å²) in [4.78, 5) is 27.9. The Hall–Kier alpha value is -3.39. The number of nitrogens with one attached hydrogen (secondary N) is 1. The van der Waals surface area contributed by atoms with Gasteiger partial charge in [-0.2, -0.15) is 5.09 Å². The average Bonchev–Trinajstić information content (AvgIpc) is 3.56. The number of rotatable bonds is 12. The van der Waals surface area contributed by atoms with Gasteiger partial charge in [0.1, 0.15) is 29.3 Å². The molecule has 0 aliphatic carbocycles. The van der Waals surface area contributed by atoms with E-state index in [-0.39, 0.29) is 23.4 Å². The summed E-state index contributed by atoms with van der Waals surface area (Å²) in [6.07, 6.45) is -3.91. The first kappa shape index (κ1) is 35.9. The zero-order chi connectivity index (χ0) is 35.0. The van der Waals surface area contributed by atoms with Gasteiger partial charge in [-0.05, 0) is 30.7 Å². The molecule has 48 heavy (non-hydrogen) atoms. The number of aliphatic hydroxyl groups is 1. The maximum Gasteiger partial charge on any atom is 0.459 e. The molecule has 2 aromatic heterocycles. The van der Waals surface area contributed by atoms with Crippen molar-refractivity contribution in [2.24, 2.45) is 5.41 Å². The normalized spacial score (nSPS) is 23.2. The third-order valence-corrected chi connectivity index (χ3v) is 9.77. The zero-order valence-corrected chi connectivity index (χ0v) is 29.5. The van der Waals surface area contributed by atoms with Crippen LogP contribution in [0.25, 0.3) is 21.9 Å². The molecule has 260 valence electrons. The molecule has 1 unspecified atom stereocenters. The number of benzene rings is 2. The molecule has 2 N–H and O–H groups in total. The van der Waals surface area contributed by atoms with Gasteiger partial charge in [0.25, 0.3) is 0 Å². The molecule has 2 aromatic carbocycles. The number of aliphatic hydroxyl groups excluding tert-OH is 1. The highest BCUT2D eigenvalue weighted by Gasteiger charge is 2.57. The lowest BCUT2D eigenvalue weighted by atomic mass is 9.99. The van der Waals surface area contributed by atoms with Crippen LogP contribution in [-0.2, 0) is 23.4 Å². The number of hydrogen-bond acceptors (Lipinski definition) is 11. The lowest BCUT2D eigenvalue weighted by molar-refractivity contribution is -0.148. The van der Waals surface area contributed by atoms with Crippen molar-refractivity contribution in [2.45, 2.75) is 64.8 Å². The van der Waals surface area contributed by atoms with Crippen LogP contribution in [0.4, 0.5) is 10.2 Å². The van der Waals surface area contributed by atoms with Crippen molar-refractivity contribution in [1.82, 2.24) is 24.6 Å². The Balaban J connectivity index is 1.44. The third kappa shape index (κ3) is 7.44. The monoisotopic (exact) mass is 706 g/mol. The van der Waals surface area contributed by atoms with Crippen molar-refractivity contribution < 1.29 is 37.4 Å². The maximum absolute atomic E-state index is 16.0. The Labute approximate surface area is 283 Å². The van der Waals surface area contributed by atoms with Crippen LogP contribution in [0.15, 0.2) is 48.8 Å². The largest absolute Gasteiger partial charge is 0.464 e. The summed E-state index contributed by atoms with van der Waals surface area (Å²) >= 11 is 6.36. The van der Waals surface area contributed by atoms with Crippen molar-refractivity contribution in [3.8, 4) is 5.75 Å². The van der Waals surface area contributed by atoms with E-state index in [4.69, 9.17) is 30.1 Å². The molecular formula is C32H41ClFN6O7P. The molecule has 0 radical (unpaired) electrons. The van der Waals surface area contributed by atoms with Crippen LogP contribution < -0.4 is 14.5 Å². The van der Waals surface area contributed by atoms with Gasteiger partial charge in [0, 0.05) is 19.5 Å². The van der Waals surface area contributed by atoms with Gasteiger partial charge >= 0.3 is 13.7 Å². The number of imidazole rings is 1. The van der Waals surface area contributed by atoms with Gasteiger partial charge < -0.3 is 24.0 Å².